The Morgan fingerprint density at radius 3 is 2.96 bits per heavy atom. The third-order valence-corrected chi connectivity index (χ3v) is 4.49. The van der Waals surface area contributed by atoms with Gasteiger partial charge in [0.25, 0.3) is 0 Å². The Balaban J connectivity index is 2.12. The first-order valence-electron chi connectivity index (χ1n) is 6.46. The second-order valence-electron chi connectivity index (χ2n) is 4.34. The molecule has 0 bridgehead atoms. The largest absolute Gasteiger partial charge is 0.484 e. The minimum Gasteiger partial charge on any atom is -0.484 e. The van der Waals surface area contributed by atoms with Gasteiger partial charge in [-0.2, -0.15) is 0 Å². The molecule has 0 aliphatic carbocycles. The first-order valence-corrected chi connectivity index (χ1v) is 8.62. The molecule has 122 valence electrons. The molecule has 0 radical (unpaired) electrons. The summed E-state index contributed by atoms with van der Waals surface area (Å²) < 4.78 is 8.22. The molecule has 0 aliphatic heterocycles. The molecular formula is C14H13BrClN3O3S. The lowest BCUT2D eigenvalue weighted by atomic mass is 10.3. The van der Waals surface area contributed by atoms with Gasteiger partial charge in [0, 0.05) is 11.6 Å². The summed E-state index contributed by atoms with van der Waals surface area (Å²) in [5.41, 5.74) is 0. The molecule has 0 atom stereocenters. The highest BCUT2D eigenvalue weighted by molar-refractivity contribution is 9.10. The average Bonchev–Trinajstić information content (AvgIpc) is 2.87. The summed E-state index contributed by atoms with van der Waals surface area (Å²) in [6.07, 6.45) is 1.69. The number of carbonyl (C=O) groups is 1. The fourth-order valence-corrected chi connectivity index (χ4v) is 3.19. The minimum atomic E-state index is -0.911. The molecule has 23 heavy (non-hydrogen) atoms. The van der Waals surface area contributed by atoms with Crippen LogP contribution in [0, 0.1) is 0 Å². The standard InChI is InChI=1S/C14H13BrClN3O3S/c1-2-5-19-12(17-18-14(19)23-8-13(20)21)7-22-11-4-3-9(16)6-10(11)15/h2-4,6H,1,5,7-8H2,(H,20,21). The molecule has 1 heterocycles. The molecule has 0 amide bonds. The van der Waals surface area contributed by atoms with Crippen molar-refractivity contribution >= 4 is 45.3 Å². The van der Waals surface area contributed by atoms with Gasteiger partial charge in [-0.3, -0.25) is 9.36 Å². The van der Waals surface area contributed by atoms with E-state index in [1.54, 1.807) is 28.8 Å². The molecule has 0 fully saturated rings. The van der Waals surface area contributed by atoms with Gasteiger partial charge in [0.05, 0.1) is 10.2 Å². The van der Waals surface area contributed by atoms with Crippen molar-refractivity contribution < 1.29 is 14.6 Å². The Morgan fingerprint density at radius 1 is 1.52 bits per heavy atom. The lowest BCUT2D eigenvalue weighted by Crippen LogP contribution is -2.08. The third kappa shape index (κ3) is 4.98. The molecule has 0 aliphatic rings. The fraction of sp³-hybridized carbons (Fsp3) is 0.214. The van der Waals surface area contributed by atoms with Gasteiger partial charge in [-0.1, -0.05) is 29.4 Å². The summed E-state index contributed by atoms with van der Waals surface area (Å²) in [6, 6.07) is 5.21. The molecular weight excluding hydrogens is 406 g/mol. The zero-order valence-corrected chi connectivity index (χ0v) is 15.1. The third-order valence-electron chi connectivity index (χ3n) is 2.68. The van der Waals surface area contributed by atoms with Crippen LogP contribution in [0.25, 0.3) is 0 Å². The summed E-state index contributed by atoms with van der Waals surface area (Å²) in [4.78, 5) is 10.7. The SMILES string of the molecule is C=CCn1c(COc2ccc(Cl)cc2Br)nnc1SCC(=O)O. The van der Waals surface area contributed by atoms with E-state index in [1.807, 2.05) is 0 Å². The van der Waals surface area contributed by atoms with Crippen molar-refractivity contribution in [1.82, 2.24) is 14.8 Å². The molecule has 0 saturated carbocycles. The van der Waals surface area contributed by atoms with Crippen molar-refractivity contribution in [1.29, 1.82) is 0 Å². The van der Waals surface area contributed by atoms with Crippen LogP contribution in [0.3, 0.4) is 0 Å². The Labute approximate surface area is 150 Å². The highest BCUT2D eigenvalue weighted by Crippen LogP contribution is 2.28. The lowest BCUT2D eigenvalue weighted by molar-refractivity contribution is -0.133. The van der Waals surface area contributed by atoms with Crippen molar-refractivity contribution in [3.63, 3.8) is 0 Å². The van der Waals surface area contributed by atoms with Gasteiger partial charge in [0.15, 0.2) is 11.0 Å². The number of hydrogen-bond acceptors (Lipinski definition) is 5. The minimum absolute atomic E-state index is 0.0845. The van der Waals surface area contributed by atoms with E-state index < -0.39 is 5.97 Å². The summed E-state index contributed by atoms with van der Waals surface area (Å²) in [5, 5.41) is 18.0. The first-order chi connectivity index (χ1) is 11.0. The quantitative estimate of drug-likeness (QED) is 0.521. The normalized spacial score (nSPS) is 10.5. The number of benzene rings is 1. The molecule has 1 aromatic heterocycles. The maximum atomic E-state index is 10.7. The molecule has 2 rings (SSSR count). The Bertz CT molecular complexity index is 723. The van der Waals surface area contributed by atoms with Crippen molar-refractivity contribution in [2.45, 2.75) is 18.3 Å². The van der Waals surface area contributed by atoms with Gasteiger partial charge in [-0.05, 0) is 34.1 Å². The van der Waals surface area contributed by atoms with E-state index in [4.69, 9.17) is 21.4 Å². The van der Waals surface area contributed by atoms with E-state index in [0.29, 0.717) is 28.3 Å². The zero-order chi connectivity index (χ0) is 16.8. The van der Waals surface area contributed by atoms with Crippen LogP contribution < -0.4 is 4.74 Å². The van der Waals surface area contributed by atoms with Crippen molar-refractivity contribution in [2.75, 3.05) is 5.75 Å². The topological polar surface area (TPSA) is 77.2 Å². The van der Waals surface area contributed by atoms with E-state index in [2.05, 4.69) is 32.7 Å². The summed E-state index contributed by atoms with van der Waals surface area (Å²) >= 11 is 10.4. The molecule has 0 spiro atoms. The number of nitrogens with zero attached hydrogens (tertiary/aromatic N) is 3. The Kier molecular flexibility index (Phi) is 6.49. The van der Waals surface area contributed by atoms with Crippen LogP contribution >= 0.6 is 39.3 Å². The van der Waals surface area contributed by atoms with Gasteiger partial charge in [0.1, 0.15) is 12.4 Å². The van der Waals surface area contributed by atoms with Gasteiger partial charge < -0.3 is 9.84 Å². The summed E-state index contributed by atoms with van der Waals surface area (Å²) in [7, 11) is 0. The van der Waals surface area contributed by atoms with Crippen LogP contribution in [0.4, 0.5) is 0 Å². The van der Waals surface area contributed by atoms with E-state index >= 15 is 0 Å². The molecule has 2 aromatic rings. The van der Waals surface area contributed by atoms with Crippen LogP contribution in [0.15, 0.2) is 40.5 Å². The fourth-order valence-electron chi connectivity index (χ4n) is 1.71. The van der Waals surface area contributed by atoms with Gasteiger partial charge in [0.2, 0.25) is 0 Å². The number of carboxylic acid groups (broad SMARTS) is 1. The lowest BCUT2D eigenvalue weighted by Gasteiger charge is -2.10. The van der Waals surface area contributed by atoms with Crippen LogP contribution in [-0.4, -0.2) is 31.6 Å². The number of halogens is 2. The summed E-state index contributed by atoms with van der Waals surface area (Å²) in [6.45, 7) is 4.35. The first kappa shape index (κ1) is 17.8. The number of hydrogen-bond donors (Lipinski definition) is 1. The number of thioether (sulfide) groups is 1. The molecule has 0 unspecified atom stereocenters. The average molecular weight is 419 g/mol. The number of aliphatic carboxylic acids is 1. The highest BCUT2D eigenvalue weighted by Gasteiger charge is 2.14. The smallest absolute Gasteiger partial charge is 0.313 e. The second kappa shape index (κ2) is 8.37. The van der Waals surface area contributed by atoms with Crippen molar-refractivity contribution in [2.24, 2.45) is 0 Å². The molecule has 1 aromatic carbocycles. The molecule has 9 heteroatoms. The van der Waals surface area contributed by atoms with Crippen LogP contribution in [0.5, 0.6) is 5.75 Å². The Morgan fingerprint density at radius 2 is 2.30 bits per heavy atom. The number of rotatable bonds is 8. The Hall–Kier alpha value is -1.51. The summed E-state index contributed by atoms with van der Waals surface area (Å²) in [5.74, 6) is 0.215. The van der Waals surface area contributed by atoms with Crippen molar-refractivity contribution in [3.05, 3.63) is 46.2 Å². The highest BCUT2D eigenvalue weighted by atomic mass is 79.9. The van der Waals surface area contributed by atoms with Crippen molar-refractivity contribution in [3.8, 4) is 5.75 Å². The second-order valence-corrected chi connectivity index (χ2v) is 6.58. The van der Waals surface area contributed by atoms with Crippen LogP contribution in [0.2, 0.25) is 5.02 Å². The van der Waals surface area contributed by atoms with E-state index in [1.165, 1.54) is 0 Å². The number of ether oxygens (including phenoxy) is 1. The molecule has 1 N–H and O–H groups in total. The van der Waals surface area contributed by atoms with E-state index in [0.717, 1.165) is 16.2 Å². The zero-order valence-electron chi connectivity index (χ0n) is 11.9. The molecule has 0 saturated heterocycles. The van der Waals surface area contributed by atoms with E-state index in [9.17, 15) is 4.79 Å². The van der Waals surface area contributed by atoms with Crippen LogP contribution in [0.1, 0.15) is 5.82 Å². The van der Waals surface area contributed by atoms with Gasteiger partial charge >= 0.3 is 5.97 Å². The number of allylic oxidation sites excluding steroid dienone is 1. The monoisotopic (exact) mass is 417 g/mol. The maximum Gasteiger partial charge on any atom is 0.313 e. The predicted molar refractivity (Wildman–Crippen MR) is 92.1 cm³/mol. The van der Waals surface area contributed by atoms with Gasteiger partial charge in [-0.15, -0.1) is 16.8 Å². The van der Waals surface area contributed by atoms with Gasteiger partial charge in [-0.25, -0.2) is 0 Å². The predicted octanol–water partition coefficient (Wildman–Crippen LogP) is 3.64. The number of carboxylic acids is 1. The van der Waals surface area contributed by atoms with Crippen LogP contribution in [-0.2, 0) is 17.9 Å². The number of aromatic nitrogens is 3. The maximum absolute atomic E-state index is 10.7. The van der Waals surface area contributed by atoms with E-state index in [-0.39, 0.29) is 12.4 Å². The molecule has 6 nitrogen and oxygen atoms in total.